The van der Waals surface area contributed by atoms with Crippen molar-refractivity contribution in [3.05, 3.63) is 108 Å². The van der Waals surface area contributed by atoms with E-state index < -0.39 is 11.6 Å². The molecule has 0 spiro atoms. The van der Waals surface area contributed by atoms with E-state index in [1.807, 2.05) is 72.8 Å². The van der Waals surface area contributed by atoms with Gasteiger partial charge in [0, 0.05) is 36.1 Å². The fourth-order valence-corrected chi connectivity index (χ4v) is 5.41. The van der Waals surface area contributed by atoms with E-state index in [4.69, 9.17) is 5.73 Å². The molecule has 9 heteroatoms. The molecule has 5 N–H and O–H groups in total. The summed E-state index contributed by atoms with van der Waals surface area (Å²) in [7, 11) is 0. The maximum absolute atomic E-state index is 13.8. The zero-order chi connectivity index (χ0) is 30.4. The molecule has 0 bridgehead atoms. The molecule has 0 unspecified atom stereocenters. The molecule has 9 nitrogen and oxygen atoms in total. The van der Waals surface area contributed by atoms with Crippen LogP contribution >= 0.6 is 0 Å². The molecule has 3 aromatic carbocycles. The first kappa shape index (κ1) is 29.7. The average molecular weight is 579 g/mol. The number of imidazole rings is 1. The topological polar surface area (TPSA) is 133 Å². The van der Waals surface area contributed by atoms with Crippen molar-refractivity contribution >= 4 is 23.4 Å². The van der Waals surface area contributed by atoms with Crippen LogP contribution in [0.2, 0.25) is 0 Å². The largest absolute Gasteiger partial charge is 0.352 e. The van der Waals surface area contributed by atoms with E-state index in [0.717, 1.165) is 39.2 Å². The first-order valence-corrected chi connectivity index (χ1v) is 14.5. The second-order valence-electron chi connectivity index (χ2n) is 11.8. The number of carbonyl (C=O) groups is 3. The second-order valence-corrected chi connectivity index (χ2v) is 11.8. The number of carbonyl (C=O) groups excluding carboxylic acids is 3. The number of H-pyrrole nitrogens is 1. The molecule has 5 rings (SSSR count). The van der Waals surface area contributed by atoms with E-state index in [2.05, 4.69) is 20.6 Å². The van der Waals surface area contributed by atoms with Crippen LogP contribution in [0, 0.1) is 0 Å². The van der Waals surface area contributed by atoms with Crippen LogP contribution in [-0.2, 0) is 40.3 Å². The molecule has 43 heavy (non-hydrogen) atoms. The van der Waals surface area contributed by atoms with Crippen LogP contribution in [-0.4, -0.2) is 39.3 Å². The first-order chi connectivity index (χ1) is 20.7. The van der Waals surface area contributed by atoms with Gasteiger partial charge in [0.05, 0.1) is 19.3 Å². The number of amides is 3. The van der Waals surface area contributed by atoms with Crippen molar-refractivity contribution in [2.75, 3.05) is 4.90 Å². The summed E-state index contributed by atoms with van der Waals surface area (Å²) in [4.78, 5) is 47.6. The van der Waals surface area contributed by atoms with Crippen molar-refractivity contribution in [3.8, 4) is 11.1 Å². The molecule has 0 saturated heterocycles. The Hall–Kier alpha value is -4.76. The number of aryl methyl sites for hydroxylation is 1. The van der Waals surface area contributed by atoms with Crippen molar-refractivity contribution in [1.29, 1.82) is 0 Å². The molecule has 0 saturated carbocycles. The molecule has 0 aliphatic carbocycles. The van der Waals surface area contributed by atoms with Gasteiger partial charge in [0.15, 0.2) is 0 Å². The van der Waals surface area contributed by atoms with Gasteiger partial charge in [0.25, 0.3) is 0 Å². The van der Waals surface area contributed by atoms with Gasteiger partial charge in [0.1, 0.15) is 6.04 Å². The van der Waals surface area contributed by atoms with Gasteiger partial charge in [-0.1, -0.05) is 66.7 Å². The Morgan fingerprint density at radius 3 is 2.51 bits per heavy atom. The van der Waals surface area contributed by atoms with Crippen LogP contribution in [0.15, 0.2) is 85.3 Å². The zero-order valence-electron chi connectivity index (χ0n) is 24.6. The third-order valence-electron chi connectivity index (χ3n) is 7.51. The number of fused-ring (bicyclic) bond motifs is 1. The smallest absolute Gasteiger partial charge is 0.249 e. The van der Waals surface area contributed by atoms with Crippen LogP contribution in [0.3, 0.4) is 0 Å². The Morgan fingerprint density at radius 2 is 1.77 bits per heavy atom. The van der Waals surface area contributed by atoms with E-state index in [1.165, 1.54) is 0 Å². The van der Waals surface area contributed by atoms with E-state index in [-0.39, 0.29) is 30.6 Å². The average Bonchev–Trinajstić information content (AvgIpc) is 3.45. The molecule has 1 aromatic heterocycles. The SMILES string of the molecule is CC(C)(N)CC(=O)N[C@@H]1CCc2ccccc2N(Cc2ccc(-c3ccccc3CNC(=O)Cc3cnc[nH]3)cc2)C1=O. The predicted octanol–water partition coefficient (Wildman–Crippen LogP) is 4.03. The van der Waals surface area contributed by atoms with Crippen LogP contribution in [0.4, 0.5) is 5.69 Å². The quantitative estimate of drug-likeness (QED) is 0.226. The molecule has 2 heterocycles. The van der Waals surface area contributed by atoms with Crippen LogP contribution in [0.1, 0.15) is 49.1 Å². The van der Waals surface area contributed by atoms with Crippen molar-refractivity contribution in [3.63, 3.8) is 0 Å². The minimum Gasteiger partial charge on any atom is -0.352 e. The van der Waals surface area contributed by atoms with Gasteiger partial charge in [-0.25, -0.2) is 4.98 Å². The maximum atomic E-state index is 13.8. The molecular weight excluding hydrogens is 540 g/mol. The lowest BCUT2D eigenvalue weighted by atomic mass is 9.98. The fourth-order valence-electron chi connectivity index (χ4n) is 5.41. The van der Waals surface area contributed by atoms with Crippen molar-refractivity contribution in [2.45, 2.75) is 64.2 Å². The number of aromatic nitrogens is 2. The van der Waals surface area contributed by atoms with Gasteiger partial charge in [0.2, 0.25) is 17.7 Å². The van der Waals surface area contributed by atoms with Gasteiger partial charge in [-0.3, -0.25) is 14.4 Å². The van der Waals surface area contributed by atoms with E-state index in [0.29, 0.717) is 25.9 Å². The third kappa shape index (κ3) is 7.75. The number of nitrogens with two attached hydrogens (primary N) is 1. The third-order valence-corrected chi connectivity index (χ3v) is 7.51. The Kier molecular flexibility index (Phi) is 9.01. The second kappa shape index (κ2) is 13.0. The van der Waals surface area contributed by atoms with Gasteiger partial charge in [-0.15, -0.1) is 0 Å². The number of nitrogens with zero attached hydrogens (tertiary/aromatic N) is 2. The Morgan fingerprint density at radius 1 is 1.02 bits per heavy atom. The highest BCUT2D eigenvalue weighted by Crippen LogP contribution is 2.30. The van der Waals surface area contributed by atoms with Gasteiger partial charge >= 0.3 is 0 Å². The molecule has 4 aromatic rings. The highest BCUT2D eigenvalue weighted by atomic mass is 16.2. The lowest BCUT2D eigenvalue weighted by Crippen LogP contribution is -2.49. The molecule has 1 atom stereocenters. The molecule has 1 aliphatic rings. The van der Waals surface area contributed by atoms with Gasteiger partial charge in [-0.2, -0.15) is 0 Å². The highest BCUT2D eigenvalue weighted by molar-refractivity contribution is 6.00. The summed E-state index contributed by atoms with van der Waals surface area (Å²) in [6.07, 6.45) is 4.79. The molecule has 3 amide bonds. The minimum atomic E-state index is -0.660. The fraction of sp³-hybridized carbons (Fsp3) is 0.294. The van der Waals surface area contributed by atoms with Crippen molar-refractivity contribution in [2.24, 2.45) is 5.73 Å². The number of anilines is 1. The van der Waals surface area contributed by atoms with E-state index in [9.17, 15) is 14.4 Å². The Bertz CT molecular complexity index is 1570. The molecule has 222 valence electrons. The minimum absolute atomic E-state index is 0.0852. The van der Waals surface area contributed by atoms with Gasteiger partial charge in [-0.05, 0) is 60.6 Å². The van der Waals surface area contributed by atoms with E-state index >= 15 is 0 Å². The summed E-state index contributed by atoms with van der Waals surface area (Å²) in [5.74, 6) is -0.441. The molecule has 0 fully saturated rings. The number of nitrogens with one attached hydrogen (secondary N) is 3. The zero-order valence-corrected chi connectivity index (χ0v) is 24.6. The number of aromatic amines is 1. The maximum Gasteiger partial charge on any atom is 0.249 e. The van der Waals surface area contributed by atoms with E-state index in [1.54, 1.807) is 31.3 Å². The summed E-state index contributed by atoms with van der Waals surface area (Å²) in [6.45, 7) is 4.36. The van der Waals surface area contributed by atoms with Crippen LogP contribution < -0.4 is 21.3 Å². The summed E-state index contributed by atoms with van der Waals surface area (Å²) >= 11 is 0. The number of hydrogen-bond donors (Lipinski definition) is 4. The Balaban J connectivity index is 1.31. The Labute approximate surface area is 251 Å². The lowest BCUT2D eigenvalue weighted by molar-refractivity contribution is -0.128. The summed E-state index contributed by atoms with van der Waals surface area (Å²) in [5.41, 5.74) is 12.1. The standard InChI is InChI=1S/C34H38N6O3/c1-34(2,35)18-32(42)39-29-16-15-25-7-4-6-10-30(25)40(33(29)43)21-23-11-13-24(14-12-23)28-9-5-3-8-26(28)19-37-31(41)17-27-20-36-22-38-27/h3-14,20,22,29H,15-19,21,35H2,1-2H3,(H,36,38)(H,37,41)(H,39,42)/t29-/m1/s1. The monoisotopic (exact) mass is 578 g/mol. The van der Waals surface area contributed by atoms with Crippen molar-refractivity contribution < 1.29 is 14.4 Å². The number of benzene rings is 3. The predicted molar refractivity (Wildman–Crippen MR) is 167 cm³/mol. The number of para-hydroxylation sites is 1. The van der Waals surface area contributed by atoms with Gasteiger partial charge < -0.3 is 26.3 Å². The summed E-state index contributed by atoms with van der Waals surface area (Å²) in [5, 5.41) is 5.93. The van der Waals surface area contributed by atoms with Crippen LogP contribution in [0.25, 0.3) is 11.1 Å². The summed E-state index contributed by atoms with van der Waals surface area (Å²) in [6, 6.07) is 23.4. The lowest BCUT2D eigenvalue weighted by Gasteiger charge is -2.27. The first-order valence-electron chi connectivity index (χ1n) is 14.5. The van der Waals surface area contributed by atoms with Crippen molar-refractivity contribution in [1.82, 2.24) is 20.6 Å². The van der Waals surface area contributed by atoms with Crippen LogP contribution in [0.5, 0.6) is 0 Å². The number of rotatable bonds is 10. The number of hydrogen-bond acceptors (Lipinski definition) is 5. The molecular formula is C34H38N6O3. The summed E-state index contributed by atoms with van der Waals surface area (Å²) < 4.78 is 0. The molecule has 1 aliphatic heterocycles. The molecule has 0 radical (unpaired) electrons. The highest BCUT2D eigenvalue weighted by Gasteiger charge is 2.32. The normalized spacial score (nSPS) is 15.0.